The SMILES string of the molecule is C=CCCCCCCOc1cc(OCCCCCCC=C)cc(OCCCCCCC=C)c1. The standard InChI is InChI=1S/C30H48O3/c1-4-7-10-13-16-19-22-31-28-25-29(32-23-20-17-14-11-8-5-2)27-30(26-28)33-24-21-18-15-12-9-6-3/h4-6,25-27H,1-3,7-24H2. The van der Waals surface area contributed by atoms with Crippen LogP contribution in [0.4, 0.5) is 0 Å². The van der Waals surface area contributed by atoms with Gasteiger partial charge in [-0.25, -0.2) is 0 Å². The van der Waals surface area contributed by atoms with Gasteiger partial charge in [-0.2, -0.15) is 0 Å². The Hall–Kier alpha value is -2.16. The number of allylic oxidation sites excluding steroid dienone is 3. The van der Waals surface area contributed by atoms with Crippen LogP contribution in [0.5, 0.6) is 17.2 Å². The molecule has 0 aliphatic heterocycles. The van der Waals surface area contributed by atoms with E-state index in [1.165, 1.54) is 57.8 Å². The van der Waals surface area contributed by atoms with E-state index in [0.29, 0.717) is 0 Å². The van der Waals surface area contributed by atoms with Gasteiger partial charge in [0, 0.05) is 18.2 Å². The molecule has 0 atom stereocenters. The van der Waals surface area contributed by atoms with E-state index in [-0.39, 0.29) is 0 Å². The molecule has 0 fully saturated rings. The summed E-state index contributed by atoms with van der Waals surface area (Å²) < 4.78 is 18.1. The van der Waals surface area contributed by atoms with Crippen LogP contribution >= 0.6 is 0 Å². The lowest BCUT2D eigenvalue weighted by Crippen LogP contribution is -2.02. The van der Waals surface area contributed by atoms with E-state index in [2.05, 4.69) is 19.7 Å². The summed E-state index contributed by atoms with van der Waals surface area (Å²) in [6.07, 6.45) is 23.4. The fourth-order valence-corrected chi connectivity index (χ4v) is 3.60. The Bertz CT molecular complexity index is 525. The molecule has 0 aliphatic carbocycles. The topological polar surface area (TPSA) is 27.7 Å². The Morgan fingerprint density at radius 1 is 0.424 bits per heavy atom. The maximum atomic E-state index is 6.04. The zero-order chi connectivity index (χ0) is 23.8. The predicted molar refractivity (Wildman–Crippen MR) is 143 cm³/mol. The average molecular weight is 457 g/mol. The molecule has 0 heterocycles. The third-order valence-electron chi connectivity index (χ3n) is 5.57. The largest absolute Gasteiger partial charge is 0.493 e. The van der Waals surface area contributed by atoms with Gasteiger partial charge < -0.3 is 14.2 Å². The third kappa shape index (κ3) is 17.0. The summed E-state index contributed by atoms with van der Waals surface area (Å²) in [6, 6.07) is 5.99. The van der Waals surface area contributed by atoms with Crippen molar-refractivity contribution >= 4 is 0 Å². The molecular weight excluding hydrogens is 408 g/mol. The molecule has 3 nitrogen and oxygen atoms in total. The summed E-state index contributed by atoms with van der Waals surface area (Å²) >= 11 is 0. The molecule has 0 N–H and O–H groups in total. The van der Waals surface area contributed by atoms with Gasteiger partial charge in [0.1, 0.15) is 17.2 Å². The van der Waals surface area contributed by atoms with Gasteiger partial charge in [-0.15, -0.1) is 19.7 Å². The molecule has 0 amide bonds. The van der Waals surface area contributed by atoms with Gasteiger partial charge >= 0.3 is 0 Å². The summed E-state index contributed by atoms with van der Waals surface area (Å²) in [7, 11) is 0. The second-order valence-corrected chi connectivity index (χ2v) is 8.66. The highest BCUT2D eigenvalue weighted by Gasteiger charge is 2.06. The lowest BCUT2D eigenvalue weighted by Gasteiger charge is -2.13. The Morgan fingerprint density at radius 3 is 0.970 bits per heavy atom. The van der Waals surface area contributed by atoms with Gasteiger partial charge in [0.05, 0.1) is 19.8 Å². The van der Waals surface area contributed by atoms with Crippen LogP contribution in [-0.4, -0.2) is 19.8 Å². The number of rotatable bonds is 24. The first kappa shape index (κ1) is 28.9. The number of hydrogen-bond donors (Lipinski definition) is 0. The van der Waals surface area contributed by atoms with Crippen molar-refractivity contribution in [3.8, 4) is 17.2 Å². The molecule has 0 bridgehead atoms. The van der Waals surface area contributed by atoms with E-state index in [0.717, 1.165) is 75.6 Å². The van der Waals surface area contributed by atoms with E-state index in [1.807, 2.05) is 36.4 Å². The van der Waals surface area contributed by atoms with Gasteiger partial charge in [-0.3, -0.25) is 0 Å². The molecule has 0 saturated carbocycles. The molecule has 1 aromatic carbocycles. The Kier molecular flexibility index (Phi) is 19.0. The highest BCUT2D eigenvalue weighted by Crippen LogP contribution is 2.29. The summed E-state index contributed by atoms with van der Waals surface area (Å²) in [5.74, 6) is 2.52. The number of unbranched alkanes of at least 4 members (excludes halogenated alkanes) is 12. The zero-order valence-corrected chi connectivity index (χ0v) is 21.0. The van der Waals surface area contributed by atoms with Gasteiger partial charge in [0.15, 0.2) is 0 Å². The molecule has 0 radical (unpaired) electrons. The van der Waals surface area contributed by atoms with Crippen molar-refractivity contribution < 1.29 is 14.2 Å². The van der Waals surface area contributed by atoms with Crippen LogP contribution in [-0.2, 0) is 0 Å². The molecule has 0 saturated heterocycles. The molecule has 3 heteroatoms. The van der Waals surface area contributed by atoms with Crippen LogP contribution in [0.1, 0.15) is 96.3 Å². The molecule has 0 aliphatic rings. The summed E-state index contributed by atoms with van der Waals surface area (Å²) in [4.78, 5) is 0. The second kappa shape index (κ2) is 21.7. The number of hydrogen-bond acceptors (Lipinski definition) is 3. The van der Waals surface area contributed by atoms with Crippen molar-refractivity contribution in [2.45, 2.75) is 96.3 Å². The predicted octanol–water partition coefficient (Wildman–Crippen LogP) is 9.23. The minimum atomic E-state index is 0.726. The molecule has 1 rings (SSSR count). The fraction of sp³-hybridized carbons (Fsp3) is 0.600. The molecule has 0 unspecified atom stereocenters. The first-order valence-corrected chi connectivity index (χ1v) is 13.2. The summed E-state index contributed by atoms with van der Waals surface area (Å²) in [5, 5.41) is 0. The van der Waals surface area contributed by atoms with E-state index in [9.17, 15) is 0 Å². The molecule has 33 heavy (non-hydrogen) atoms. The smallest absolute Gasteiger partial charge is 0.126 e. The Labute approximate surface area is 203 Å². The van der Waals surface area contributed by atoms with Crippen molar-refractivity contribution in [1.29, 1.82) is 0 Å². The lowest BCUT2D eigenvalue weighted by atomic mass is 10.1. The Balaban J connectivity index is 2.46. The molecule has 186 valence electrons. The lowest BCUT2D eigenvalue weighted by molar-refractivity contribution is 0.276. The van der Waals surface area contributed by atoms with Crippen LogP contribution < -0.4 is 14.2 Å². The maximum Gasteiger partial charge on any atom is 0.126 e. The van der Waals surface area contributed by atoms with Crippen molar-refractivity contribution in [2.24, 2.45) is 0 Å². The fourth-order valence-electron chi connectivity index (χ4n) is 3.60. The van der Waals surface area contributed by atoms with Crippen LogP contribution in [0.25, 0.3) is 0 Å². The van der Waals surface area contributed by atoms with E-state index >= 15 is 0 Å². The number of ether oxygens (including phenoxy) is 3. The quantitative estimate of drug-likeness (QED) is 0.115. The highest BCUT2D eigenvalue weighted by molar-refractivity contribution is 5.42. The first-order chi connectivity index (χ1) is 16.3. The van der Waals surface area contributed by atoms with E-state index < -0.39 is 0 Å². The highest BCUT2D eigenvalue weighted by atomic mass is 16.5. The second-order valence-electron chi connectivity index (χ2n) is 8.66. The van der Waals surface area contributed by atoms with Crippen molar-refractivity contribution in [1.82, 2.24) is 0 Å². The van der Waals surface area contributed by atoms with E-state index in [1.54, 1.807) is 0 Å². The number of benzene rings is 1. The van der Waals surface area contributed by atoms with Crippen molar-refractivity contribution in [3.63, 3.8) is 0 Å². The Morgan fingerprint density at radius 2 is 0.697 bits per heavy atom. The monoisotopic (exact) mass is 456 g/mol. The zero-order valence-electron chi connectivity index (χ0n) is 21.0. The van der Waals surface area contributed by atoms with E-state index in [4.69, 9.17) is 14.2 Å². The minimum absolute atomic E-state index is 0.726. The van der Waals surface area contributed by atoms with Crippen molar-refractivity contribution in [3.05, 3.63) is 56.2 Å². The normalized spacial score (nSPS) is 10.5. The average Bonchev–Trinajstić information content (AvgIpc) is 2.82. The minimum Gasteiger partial charge on any atom is -0.493 e. The molecule has 0 spiro atoms. The third-order valence-corrected chi connectivity index (χ3v) is 5.57. The maximum absolute atomic E-state index is 6.04. The summed E-state index contributed by atoms with van der Waals surface area (Å²) in [5.41, 5.74) is 0. The van der Waals surface area contributed by atoms with Gasteiger partial charge in [-0.1, -0.05) is 56.8 Å². The van der Waals surface area contributed by atoms with Crippen molar-refractivity contribution in [2.75, 3.05) is 19.8 Å². The molecule has 1 aromatic rings. The van der Waals surface area contributed by atoms with Crippen LogP contribution in [0.3, 0.4) is 0 Å². The van der Waals surface area contributed by atoms with Gasteiger partial charge in [-0.05, 0) is 57.8 Å². The van der Waals surface area contributed by atoms with Crippen LogP contribution in [0, 0.1) is 0 Å². The van der Waals surface area contributed by atoms with Gasteiger partial charge in [0.2, 0.25) is 0 Å². The molecular formula is C30H48O3. The van der Waals surface area contributed by atoms with Crippen LogP contribution in [0.15, 0.2) is 56.2 Å². The van der Waals surface area contributed by atoms with Crippen LogP contribution in [0.2, 0.25) is 0 Å². The first-order valence-electron chi connectivity index (χ1n) is 13.2. The van der Waals surface area contributed by atoms with Gasteiger partial charge in [0.25, 0.3) is 0 Å². The summed E-state index contributed by atoms with van der Waals surface area (Å²) in [6.45, 7) is 13.5. The molecule has 0 aromatic heterocycles.